The zero-order chi connectivity index (χ0) is 22.0. The number of nitrogens with one attached hydrogen (secondary N) is 2. The first-order valence-corrected chi connectivity index (χ1v) is 9.69. The Morgan fingerprint density at radius 1 is 1.26 bits per heavy atom. The third-order valence-electron chi connectivity index (χ3n) is 4.60. The Morgan fingerprint density at radius 2 is 1.97 bits per heavy atom. The van der Waals surface area contributed by atoms with Crippen LogP contribution in [0.1, 0.15) is 0 Å². The Hall–Kier alpha value is -3.60. The number of hydrogen-bond donors (Lipinski definition) is 2. The summed E-state index contributed by atoms with van der Waals surface area (Å²) in [6.07, 6.45) is -1.24. The number of rotatable bonds is 5. The smallest absolute Gasteiger partial charge is 0.414 e. The van der Waals surface area contributed by atoms with Crippen molar-refractivity contribution in [3.8, 4) is 22.8 Å². The van der Waals surface area contributed by atoms with Crippen LogP contribution in [0.15, 0.2) is 47.0 Å². The van der Waals surface area contributed by atoms with Gasteiger partial charge in [-0.05, 0) is 24.4 Å². The van der Waals surface area contributed by atoms with Gasteiger partial charge in [-0.3, -0.25) is 4.90 Å². The molecule has 4 rings (SSSR count). The molecule has 1 unspecified atom stereocenters. The molecule has 3 aromatic rings. The summed E-state index contributed by atoms with van der Waals surface area (Å²) >= 11 is 4.97. The molecule has 11 heteroatoms. The van der Waals surface area contributed by atoms with Crippen molar-refractivity contribution in [3.63, 3.8) is 0 Å². The van der Waals surface area contributed by atoms with Crippen molar-refractivity contribution in [2.24, 2.45) is 0 Å². The van der Waals surface area contributed by atoms with Gasteiger partial charge >= 0.3 is 6.09 Å². The molecular formula is C20H17F2N5O3S. The van der Waals surface area contributed by atoms with Crippen molar-refractivity contribution in [2.75, 3.05) is 25.0 Å². The van der Waals surface area contributed by atoms with E-state index in [1.807, 2.05) is 6.07 Å². The van der Waals surface area contributed by atoms with E-state index in [-0.39, 0.29) is 30.5 Å². The number of nitrogens with zero attached hydrogens (tertiary/aromatic N) is 3. The molecule has 31 heavy (non-hydrogen) atoms. The van der Waals surface area contributed by atoms with Gasteiger partial charge in [-0.15, -0.1) is 0 Å². The number of amides is 1. The maximum atomic E-state index is 14.8. The minimum absolute atomic E-state index is 0.0187. The van der Waals surface area contributed by atoms with Crippen molar-refractivity contribution in [1.82, 2.24) is 20.8 Å². The minimum Gasteiger partial charge on any atom is -0.442 e. The molecule has 2 N–H and O–H groups in total. The third-order valence-corrected chi connectivity index (χ3v) is 4.95. The highest BCUT2D eigenvalue weighted by Gasteiger charge is 2.33. The van der Waals surface area contributed by atoms with Crippen molar-refractivity contribution >= 4 is 29.1 Å². The fourth-order valence-corrected chi connectivity index (χ4v) is 3.17. The molecule has 1 aromatic heterocycles. The molecule has 0 saturated carbocycles. The summed E-state index contributed by atoms with van der Waals surface area (Å²) in [5.41, 5.74) is 0.195. The number of cyclic esters (lactones) is 1. The Bertz CT molecular complexity index is 1100. The molecule has 2 aromatic carbocycles. The van der Waals surface area contributed by atoms with Crippen LogP contribution in [0.3, 0.4) is 0 Å². The van der Waals surface area contributed by atoms with Crippen molar-refractivity contribution in [2.45, 2.75) is 6.10 Å². The van der Waals surface area contributed by atoms with Crippen LogP contribution >= 0.6 is 12.2 Å². The molecule has 1 amide bonds. The first-order chi connectivity index (χ1) is 15.0. The van der Waals surface area contributed by atoms with Crippen LogP contribution in [0.25, 0.3) is 22.8 Å². The molecule has 1 aliphatic rings. The number of anilines is 1. The Kier molecular flexibility index (Phi) is 5.76. The second kappa shape index (κ2) is 8.64. The number of carbonyl (C=O) groups excluding carboxylic acids is 1. The van der Waals surface area contributed by atoms with Crippen LogP contribution in [0.4, 0.5) is 19.3 Å². The fourth-order valence-electron chi connectivity index (χ4n) is 3.08. The van der Waals surface area contributed by atoms with Gasteiger partial charge in [0.2, 0.25) is 5.82 Å². The highest BCUT2D eigenvalue weighted by Crippen LogP contribution is 2.32. The zero-order valence-electron chi connectivity index (χ0n) is 16.3. The molecule has 0 aliphatic carbocycles. The van der Waals surface area contributed by atoms with E-state index in [0.717, 1.165) is 17.0 Å². The summed E-state index contributed by atoms with van der Waals surface area (Å²) < 4.78 is 39.9. The van der Waals surface area contributed by atoms with E-state index in [9.17, 15) is 13.6 Å². The lowest BCUT2D eigenvalue weighted by Crippen LogP contribution is -2.39. The van der Waals surface area contributed by atoms with E-state index in [4.69, 9.17) is 21.5 Å². The number of carbonyl (C=O) groups is 1. The van der Waals surface area contributed by atoms with E-state index in [0.29, 0.717) is 10.7 Å². The molecule has 160 valence electrons. The summed E-state index contributed by atoms with van der Waals surface area (Å²) in [7, 11) is 1.65. The third kappa shape index (κ3) is 4.31. The summed E-state index contributed by atoms with van der Waals surface area (Å²) in [5.74, 6) is -1.98. The first kappa shape index (κ1) is 20.7. The molecular weight excluding hydrogens is 428 g/mol. The van der Waals surface area contributed by atoms with E-state index >= 15 is 0 Å². The summed E-state index contributed by atoms with van der Waals surface area (Å²) in [6, 6.07) is 10.9. The van der Waals surface area contributed by atoms with Gasteiger partial charge in [-0.25, -0.2) is 13.6 Å². The average Bonchev–Trinajstić information content (AvgIpc) is 3.39. The first-order valence-electron chi connectivity index (χ1n) is 9.28. The quantitative estimate of drug-likeness (QED) is 0.579. The van der Waals surface area contributed by atoms with Gasteiger partial charge in [0.15, 0.2) is 5.11 Å². The molecule has 2 heterocycles. The average molecular weight is 445 g/mol. The molecule has 0 spiro atoms. The highest BCUT2D eigenvalue weighted by molar-refractivity contribution is 7.80. The van der Waals surface area contributed by atoms with Gasteiger partial charge in [-0.1, -0.05) is 35.5 Å². The van der Waals surface area contributed by atoms with Gasteiger partial charge in [-0.2, -0.15) is 4.98 Å². The van der Waals surface area contributed by atoms with E-state index in [2.05, 4.69) is 20.8 Å². The van der Waals surface area contributed by atoms with Gasteiger partial charge in [0.25, 0.3) is 5.89 Å². The number of benzene rings is 2. The lowest BCUT2D eigenvalue weighted by atomic mass is 10.1. The number of aromatic nitrogens is 2. The second-order valence-electron chi connectivity index (χ2n) is 6.65. The Labute approximate surface area is 181 Å². The van der Waals surface area contributed by atoms with E-state index in [1.54, 1.807) is 31.3 Å². The number of halogens is 2. The summed E-state index contributed by atoms with van der Waals surface area (Å²) in [6.45, 7) is 0.365. The number of thiocarbonyl (C=S) groups is 1. The zero-order valence-corrected chi connectivity index (χ0v) is 17.1. The summed E-state index contributed by atoms with van der Waals surface area (Å²) in [5, 5.41) is 9.79. The Balaban J connectivity index is 1.55. The number of ether oxygens (including phenoxy) is 1. The van der Waals surface area contributed by atoms with Crippen molar-refractivity contribution in [1.29, 1.82) is 0 Å². The fraction of sp³-hybridized carbons (Fsp3) is 0.200. The lowest BCUT2D eigenvalue weighted by Gasteiger charge is -2.14. The SMILES string of the molecule is CNC(=S)NCC1CN(c2cc(F)c(-c3nc(-c4ccccc4)no3)c(F)c2)C(=O)O1. The summed E-state index contributed by atoms with van der Waals surface area (Å²) in [4.78, 5) is 17.4. The van der Waals surface area contributed by atoms with Crippen LogP contribution in [-0.2, 0) is 4.74 Å². The topological polar surface area (TPSA) is 92.5 Å². The van der Waals surface area contributed by atoms with Crippen molar-refractivity contribution < 1.29 is 22.8 Å². The standard InChI is InChI=1S/C20H17F2N5O3S/c1-23-19(31)24-9-13-10-27(20(28)29-13)12-7-14(21)16(15(22)8-12)18-25-17(26-30-18)11-5-3-2-4-6-11/h2-8,13H,9-10H2,1H3,(H2,23,24,31). The maximum absolute atomic E-state index is 14.8. The van der Waals surface area contributed by atoms with E-state index in [1.165, 1.54) is 0 Å². The molecule has 0 radical (unpaired) electrons. The predicted molar refractivity (Wildman–Crippen MR) is 112 cm³/mol. The van der Waals surface area contributed by atoms with Crippen molar-refractivity contribution in [3.05, 3.63) is 54.1 Å². The molecule has 0 bridgehead atoms. The molecule has 1 atom stereocenters. The monoisotopic (exact) mass is 445 g/mol. The minimum atomic E-state index is -0.941. The normalized spacial score (nSPS) is 15.6. The largest absolute Gasteiger partial charge is 0.442 e. The van der Waals surface area contributed by atoms with Crippen LogP contribution in [0.2, 0.25) is 0 Å². The van der Waals surface area contributed by atoms with Crippen LogP contribution < -0.4 is 15.5 Å². The maximum Gasteiger partial charge on any atom is 0.414 e. The molecule has 8 nitrogen and oxygen atoms in total. The Morgan fingerprint density at radius 3 is 2.65 bits per heavy atom. The van der Waals surface area contributed by atoms with Crippen LogP contribution in [0, 0.1) is 11.6 Å². The lowest BCUT2D eigenvalue weighted by molar-refractivity contribution is 0.143. The van der Waals surface area contributed by atoms with Gasteiger partial charge in [0.05, 0.1) is 18.8 Å². The predicted octanol–water partition coefficient (Wildman–Crippen LogP) is 3.10. The van der Waals surface area contributed by atoms with E-state index < -0.39 is 29.4 Å². The highest BCUT2D eigenvalue weighted by atomic mass is 32.1. The molecule has 1 saturated heterocycles. The molecule has 1 fully saturated rings. The van der Waals surface area contributed by atoms with Gasteiger partial charge in [0, 0.05) is 12.6 Å². The second-order valence-corrected chi connectivity index (χ2v) is 7.06. The number of hydrogen-bond acceptors (Lipinski definition) is 6. The van der Waals surface area contributed by atoms with Gasteiger partial charge in [0.1, 0.15) is 23.3 Å². The van der Waals surface area contributed by atoms with Crippen LogP contribution in [0.5, 0.6) is 0 Å². The van der Waals surface area contributed by atoms with Gasteiger partial charge < -0.3 is 19.9 Å². The van der Waals surface area contributed by atoms with Crippen LogP contribution in [-0.4, -0.2) is 47.6 Å². The molecule has 1 aliphatic heterocycles.